The highest BCUT2D eigenvalue weighted by atomic mass is 35.5. The summed E-state index contributed by atoms with van der Waals surface area (Å²) in [6.45, 7) is 0.206. The molecule has 4 nitrogen and oxygen atoms in total. The molecule has 0 fully saturated rings. The molecule has 0 saturated heterocycles. The standard InChI is InChI=1S/C11H11ClN2O2/c12-10-8(4-3-5-9(10)14)11(15)16-7-2-1-6-13/h3-5H,1-2,7,14H2. The van der Waals surface area contributed by atoms with E-state index in [2.05, 4.69) is 0 Å². The van der Waals surface area contributed by atoms with Crippen molar-refractivity contribution in [1.29, 1.82) is 5.26 Å². The van der Waals surface area contributed by atoms with E-state index in [0.717, 1.165) is 0 Å². The van der Waals surface area contributed by atoms with Gasteiger partial charge in [-0.15, -0.1) is 0 Å². The van der Waals surface area contributed by atoms with Crippen LogP contribution in [-0.2, 0) is 4.74 Å². The normalized spacial score (nSPS) is 9.50. The largest absolute Gasteiger partial charge is 0.462 e. The third-order valence-corrected chi connectivity index (χ3v) is 2.34. The predicted octanol–water partition coefficient (Wildman–Crippen LogP) is 2.38. The summed E-state index contributed by atoms with van der Waals surface area (Å²) in [6, 6.07) is 6.75. The van der Waals surface area contributed by atoms with E-state index >= 15 is 0 Å². The second-order valence-corrected chi connectivity index (χ2v) is 3.48. The molecule has 1 rings (SSSR count). The maximum absolute atomic E-state index is 11.5. The molecule has 0 bridgehead atoms. The molecule has 2 N–H and O–H groups in total. The van der Waals surface area contributed by atoms with Crippen LogP contribution >= 0.6 is 11.6 Å². The number of ether oxygens (including phenoxy) is 1. The first-order valence-corrected chi connectivity index (χ1v) is 5.12. The molecule has 0 unspecified atom stereocenters. The summed E-state index contributed by atoms with van der Waals surface area (Å²) < 4.78 is 4.94. The maximum atomic E-state index is 11.5. The number of nitrogens with two attached hydrogens (primary N) is 1. The number of hydrogen-bond acceptors (Lipinski definition) is 4. The number of anilines is 1. The molecule has 0 aliphatic rings. The Morgan fingerprint density at radius 3 is 3.00 bits per heavy atom. The number of carbonyl (C=O) groups excluding carboxylic acids is 1. The van der Waals surface area contributed by atoms with E-state index in [4.69, 9.17) is 27.3 Å². The summed E-state index contributed by atoms with van der Waals surface area (Å²) >= 11 is 5.85. The number of nitrogens with zero attached hydrogens (tertiary/aromatic N) is 1. The molecule has 0 heterocycles. The second kappa shape index (κ2) is 5.99. The van der Waals surface area contributed by atoms with Gasteiger partial charge >= 0.3 is 5.97 Å². The van der Waals surface area contributed by atoms with Crippen LogP contribution < -0.4 is 5.73 Å². The van der Waals surface area contributed by atoms with E-state index in [1.807, 2.05) is 6.07 Å². The lowest BCUT2D eigenvalue weighted by Crippen LogP contribution is -2.07. The number of benzene rings is 1. The van der Waals surface area contributed by atoms with Crippen molar-refractivity contribution in [2.24, 2.45) is 0 Å². The first kappa shape index (κ1) is 12.3. The monoisotopic (exact) mass is 238 g/mol. The van der Waals surface area contributed by atoms with Crippen LogP contribution in [0.5, 0.6) is 0 Å². The zero-order chi connectivity index (χ0) is 12.0. The molecule has 0 aliphatic carbocycles. The summed E-state index contributed by atoms with van der Waals surface area (Å²) in [5.74, 6) is -0.518. The van der Waals surface area contributed by atoms with Gasteiger partial charge in [0.15, 0.2) is 0 Å². The molecule has 5 heteroatoms. The molecule has 0 aliphatic heterocycles. The van der Waals surface area contributed by atoms with Gasteiger partial charge in [-0.05, 0) is 18.6 Å². The SMILES string of the molecule is N#CCCCOC(=O)c1cccc(N)c1Cl. The fraction of sp³-hybridized carbons (Fsp3) is 0.273. The Hall–Kier alpha value is -1.73. The Morgan fingerprint density at radius 2 is 2.31 bits per heavy atom. The average Bonchev–Trinajstić information content (AvgIpc) is 2.28. The number of hydrogen-bond donors (Lipinski definition) is 1. The minimum atomic E-state index is -0.518. The number of unbranched alkanes of at least 4 members (excludes halogenated alkanes) is 1. The highest BCUT2D eigenvalue weighted by Gasteiger charge is 2.12. The molecule has 84 valence electrons. The van der Waals surface area contributed by atoms with Gasteiger partial charge in [-0.2, -0.15) is 5.26 Å². The zero-order valence-corrected chi connectivity index (χ0v) is 9.33. The lowest BCUT2D eigenvalue weighted by molar-refractivity contribution is 0.0502. The molecule has 0 saturated carbocycles. The van der Waals surface area contributed by atoms with Crippen molar-refractivity contribution in [1.82, 2.24) is 0 Å². The van der Waals surface area contributed by atoms with Gasteiger partial charge in [0.25, 0.3) is 0 Å². The predicted molar refractivity (Wildman–Crippen MR) is 61.0 cm³/mol. The number of carbonyl (C=O) groups is 1. The molecule has 1 aromatic rings. The van der Waals surface area contributed by atoms with Gasteiger partial charge in [0, 0.05) is 6.42 Å². The Kier molecular flexibility index (Phi) is 4.62. The number of esters is 1. The summed E-state index contributed by atoms with van der Waals surface area (Å²) in [7, 11) is 0. The third kappa shape index (κ3) is 3.14. The Morgan fingerprint density at radius 1 is 1.56 bits per heavy atom. The van der Waals surface area contributed by atoms with E-state index in [-0.39, 0.29) is 17.2 Å². The fourth-order valence-electron chi connectivity index (χ4n) is 1.10. The summed E-state index contributed by atoms with van der Waals surface area (Å²) in [4.78, 5) is 11.5. The maximum Gasteiger partial charge on any atom is 0.339 e. The van der Waals surface area contributed by atoms with Crippen molar-refractivity contribution in [2.75, 3.05) is 12.3 Å². The summed E-state index contributed by atoms with van der Waals surface area (Å²) in [5.41, 5.74) is 6.14. The molecular weight excluding hydrogens is 228 g/mol. The van der Waals surface area contributed by atoms with E-state index in [9.17, 15) is 4.79 Å². The van der Waals surface area contributed by atoms with Gasteiger partial charge in [0.2, 0.25) is 0 Å². The highest BCUT2D eigenvalue weighted by Crippen LogP contribution is 2.23. The van der Waals surface area contributed by atoms with E-state index in [0.29, 0.717) is 18.5 Å². The van der Waals surface area contributed by atoms with E-state index in [1.165, 1.54) is 0 Å². The van der Waals surface area contributed by atoms with Crippen LogP contribution in [0.3, 0.4) is 0 Å². The average molecular weight is 239 g/mol. The van der Waals surface area contributed by atoms with Crippen molar-refractivity contribution in [2.45, 2.75) is 12.8 Å². The lowest BCUT2D eigenvalue weighted by atomic mass is 10.2. The van der Waals surface area contributed by atoms with Crippen molar-refractivity contribution in [3.8, 4) is 6.07 Å². The minimum absolute atomic E-state index is 0.202. The molecule has 0 radical (unpaired) electrons. The smallest absolute Gasteiger partial charge is 0.339 e. The van der Waals surface area contributed by atoms with E-state index < -0.39 is 5.97 Å². The molecule has 0 aromatic heterocycles. The van der Waals surface area contributed by atoms with Crippen molar-refractivity contribution in [3.63, 3.8) is 0 Å². The lowest BCUT2D eigenvalue weighted by Gasteiger charge is -2.06. The molecule has 16 heavy (non-hydrogen) atoms. The van der Waals surface area contributed by atoms with Gasteiger partial charge in [-0.1, -0.05) is 17.7 Å². The minimum Gasteiger partial charge on any atom is -0.462 e. The molecule has 0 amide bonds. The third-order valence-electron chi connectivity index (χ3n) is 1.91. The highest BCUT2D eigenvalue weighted by molar-refractivity contribution is 6.36. The number of halogens is 1. The topological polar surface area (TPSA) is 76.1 Å². The van der Waals surface area contributed by atoms with Crippen LogP contribution in [0.2, 0.25) is 5.02 Å². The molecule has 0 spiro atoms. The van der Waals surface area contributed by atoms with Crippen LogP contribution in [0, 0.1) is 11.3 Å². The first-order chi connectivity index (χ1) is 7.66. The quantitative estimate of drug-likeness (QED) is 0.496. The Balaban J connectivity index is 2.60. The zero-order valence-electron chi connectivity index (χ0n) is 8.57. The van der Waals surface area contributed by atoms with Gasteiger partial charge in [0.1, 0.15) is 0 Å². The van der Waals surface area contributed by atoms with Crippen LogP contribution in [-0.4, -0.2) is 12.6 Å². The van der Waals surface area contributed by atoms with Gasteiger partial charge in [-0.3, -0.25) is 0 Å². The number of rotatable bonds is 4. The van der Waals surface area contributed by atoms with Crippen molar-refractivity contribution >= 4 is 23.3 Å². The van der Waals surface area contributed by atoms with Crippen molar-refractivity contribution in [3.05, 3.63) is 28.8 Å². The van der Waals surface area contributed by atoms with Gasteiger partial charge < -0.3 is 10.5 Å². The van der Waals surface area contributed by atoms with Gasteiger partial charge in [0.05, 0.1) is 28.9 Å². The van der Waals surface area contributed by atoms with Crippen LogP contribution in [0.25, 0.3) is 0 Å². The van der Waals surface area contributed by atoms with Crippen LogP contribution in [0.15, 0.2) is 18.2 Å². The summed E-state index contributed by atoms with van der Waals surface area (Å²) in [6.07, 6.45) is 0.875. The van der Waals surface area contributed by atoms with Gasteiger partial charge in [-0.25, -0.2) is 4.79 Å². The Bertz CT molecular complexity index is 426. The molecule has 0 atom stereocenters. The molecule has 1 aromatic carbocycles. The number of nitrogen functional groups attached to an aromatic ring is 1. The summed E-state index contributed by atoms with van der Waals surface area (Å²) in [5, 5.41) is 8.50. The Labute approximate surface area is 98.6 Å². The van der Waals surface area contributed by atoms with E-state index in [1.54, 1.807) is 18.2 Å². The fourth-order valence-corrected chi connectivity index (χ4v) is 1.30. The second-order valence-electron chi connectivity index (χ2n) is 3.11. The molecular formula is C11H11ClN2O2. The van der Waals surface area contributed by atoms with Crippen LogP contribution in [0.4, 0.5) is 5.69 Å². The van der Waals surface area contributed by atoms with Crippen LogP contribution in [0.1, 0.15) is 23.2 Å². The van der Waals surface area contributed by atoms with Crippen molar-refractivity contribution < 1.29 is 9.53 Å². The first-order valence-electron chi connectivity index (χ1n) is 4.75. The number of nitriles is 1.